The van der Waals surface area contributed by atoms with Crippen LogP contribution in [0, 0.1) is 0 Å². The van der Waals surface area contributed by atoms with Gasteiger partial charge in [0, 0.05) is 37.6 Å². The topological polar surface area (TPSA) is 69.6 Å². The van der Waals surface area contributed by atoms with E-state index in [2.05, 4.69) is 9.97 Å². The van der Waals surface area contributed by atoms with Crippen molar-refractivity contribution in [2.45, 2.75) is 32.1 Å². The molecule has 21 heavy (non-hydrogen) atoms. The highest BCUT2D eigenvalue weighted by atomic mass is 19.4. The van der Waals surface area contributed by atoms with Crippen LogP contribution in [0.5, 0.6) is 0 Å². The average molecular weight is 304 g/mol. The Morgan fingerprint density at radius 1 is 1.24 bits per heavy atom. The summed E-state index contributed by atoms with van der Waals surface area (Å²) < 4.78 is 37.5. The largest absolute Gasteiger partial charge is 0.465 e. The van der Waals surface area contributed by atoms with E-state index in [4.69, 9.17) is 5.11 Å². The number of nitrogens with zero attached hydrogens (tertiary/aromatic N) is 4. The van der Waals surface area contributed by atoms with Crippen LogP contribution in [0.1, 0.15) is 19.4 Å². The maximum Gasteiger partial charge on any atom is 0.419 e. The predicted octanol–water partition coefficient (Wildman–Crippen LogP) is 2.07. The highest BCUT2D eigenvalue weighted by Crippen LogP contribution is 2.29. The van der Waals surface area contributed by atoms with Crippen molar-refractivity contribution in [3.05, 3.63) is 18.0 Å². The molecule has 116 valence electrons. The number of alkyl halides is 3. The van der Waals surface area contributed by atoms with Gasteiger partial charge in [-0.25, -0.2) is 14.8 Å². The zero-order chi connectivity index (χ0) is 15.8. The standard InChI is InChI=1S/C12H15F3N4O2/c1-7-5-18(11(20)21)6-8(2)19(7)10-16-3-9(4-17-10)12(13,14)15/h3-4,7-8H,5-6H2,1-2H3,(H,20,21)/t7-,8-/m1/s1. The number of halogens is 3. The van der Waals surface area contributed by atoms with Crippen LogP contribution in [-0.4, -0.2) is 51.2 Å². The van der Waals surface area contributed by atoms with Gasteiger partial charge >= 0.3 is 12.3 Å². The summed E-state index contributed by atoms with van der Waals surface area (Å²) in [6.07, 6.45) is -4.00. The third-order valence-corrected chi connectivity index (χ3v) is 3.39. The molecule has 1 fully saturated rings. The van der Waals surface area contributed by atoms with E-state index in [1.54, 1.807) is 18.7 Å². The van der Waals surface area contributed by atoms with Crippen molar-refractivity contribution in [2.75, 3.05) is 18.0 Å². The molecule has 2 rings (SSSR count). The molecule has 1 aliphatic rings. The number of aromatic nitrogens is 2. The average Bonchev–Trinajstić information content (AvgIpc) is 2.37. The Morgan fingerprint density at radius 3 is 2.10 bits per heavy atom. The van der Waals surface area contributed by atoms with Crippen LogP contribution in [0.4, 0.5) is 23.9 Å². The van der Waals surface area contributed by atoms with Crippen molar-refractivity contribution in [3.63, 3.8) is 0 Å². The van der Waals surface area contributed by atoms with E-state index in [1.807, 2.05) is 0 Å². The third-order valence-electron chi connectivity index (χ3n) is 3.39. The number of carbonyl (C=O) groups is 1. The summed E-state index contributed by atoms with van der Waals surface area (Å²) in [4.78, 5) is 21.5. The Bertz CT molecular complexity index is 508. The molecule has 1 saturated heterocycles. The van der Waals surface area contributed by atoms with Crippen molar-refractivity contribution >= 4 is 12.0 Å². The molecule has 0 spiro atoms. The second-order valence-electron chi connectivity index (χ2n) is 5.06. The minimum atomic E-state index is -4.47. The van der Waals surface area contributed by atoms with Gasteiger partial charge in [-0.1, -0.05) is 0 Å². The molecule has 0 unspecified atom stereocenters. The first-order valence-electron chi connectivity index (χ1n) is 6.35. The molecule has 0 radical (unpaired) electrons. The van der Waals surface area contributed by atoms with E-state index >= 15 is 0 Å². The molecule has 1 aromatic rings. The van der Waals surface area contributed by atoms with E-state index in [9.17, 15) is 18.0 Å². The minimum Gasteiger partial charge on any atom is -0.465 e. The molecule has 1 N–H and O–H groups in total. The first kappa shape index (κ1) is 15.3. The van der Waals surface area contributed by atoms with Crippen LogP contribution in [0.2, 0.25) is 0 Å². The van der Waals surface area contributed by atoms with Crippen LogP contribution < -0.4 is 4.90 Å². The fourth-order valence-electron chi connectivity index (χ4n) is 2.47. The molecule has 1 amide bonds. The SMILES string of the molecule is C[C@@H]1CN(C(=O)O)C[C@@H](C)N1c1ncc(C(F)(F)F)cn1. The Balaban J connectivity index is 2.20. The van der Waals surface area contributed by atoms with Gasteiger partial charge in [-0.15, -0.1) is 0 Å². The monoisotopic (exact) mass is 304 g/mol. The molecule has 9 heteroatoms. The van der Waals surface area contributed by atoms with Gasteiger partial charge in [-0.3, -0.25) is 0 Å². The first-order valence-corrected chi connectivity index (χ1v) is 6.35. The molecule has 0 saturated carbocycles. The zero-order valence-electron chi connectivity index (χ0n) is 11.5. The maximum absolute atomic E-state index is 12.5. The minimum absolute atomic E-state index is 0.174. The van der Waals surface area contributed by atoms with E-state index in [-0.39, 0.29) is 31.1 Å². The van der Waals surface area contributed by atoms with Gasteiger partial charge < -0.3 is 14.9 Å². The van der Waals surface area contributed by atoms with E-state index in [0.717, 1.165) is 12.4 Å². The molecule has 6 nitrogen and oxygen atoms in total. The van der Waals surface area contributed by atoms with Gasteiger partial charge in [0.05, 0.1) is 5.56 Å². The summed E-state index contributed by atoms with van der Waals surface area (Å²) in [5.74, 6) is 0.174. The number of anilines is 1. The molecular weight excluding hydrogens is 289 g/mol. The first-order chi connectivity index (χ1) is 9.70. The Hall–Kier alpha value is -2.06. The summed E-state index contributed by atoms with van der Waals surface area (Å²) >= 11 is 0. The smallest absolute Gasteiger partial charge is 0.419 e. The van der Waals surface area contributed by atoms with Crippen LogP contribution in [-0.2, 0) is 6.18 Å². The van der Waals surface area contributed by atoms with Crippen LogP contribution in [0.15, 0.2) is 12.4 Å². The van der Waals surface area contributed by atoms with Crippen molar-refractivity contribution in [1.29, 1.82) is 0 Å². The molecule has 1 aliphatic heterocycles. The summed E-state index contributed by atoms with van der Waals surface area (Å²) in [5.41, 5.74) is -0.907. The summed E-state index contributed by atoms with van der Waals surface area (Å²) in [5, 5.41) is 9.01. The summed E-state index contributed by atoms with van der Waals surface area (Å²) in [6.45, 7) is 4.08. The highest BCUT2D eigenvalue weighted by molar-refractivity contribution is 5.65. The van der Waals surface area contributed by atoms with Crippen molar-refractivity contribution in [2.24, 2.45) is 0 Å². The van der Waals surface area contributed by atoms with Gasteiger partial charge in [-0.05, 0) is 13.8 Å². The molecule has 0 aromatic carbocycles. The predicted molar refractivity (Wildman–Crippen MR) is 68.0 cm³/mol. The fourth-order valence-corrected chi connectivity index (χ4v) is 2.47. The quantitative estimate of drug-likeness (QED) is 0.860. The number of carboxylic acid groups (broad SMARTS) is 1. The Morgan fingerprint density at radius 2 is 1.71 bits per heavy atom. The van der Waals surface area contributed by atoms with Gasteiger partial charge in [0.15, 0.2) is 0 Å². The Labute approximate surface area is 119 Å². The zero-order valence-corrected chi connectivity index (χ0v) is 11.5. The van der Waals surface area contributed by atoms with E-state index in [0.29, 0.717) is 0 Å². The van der Waals surface area contributed by atoms with Crippen LogP contribution >= 0.6 is 0 Å². The van der Waals surface area contributed by atoms with Crippen LogP contribution in [0.25, 0.3) is 0 Å². The number of rotatable bonds is 1. The highest BCUT2D eigenvalue weighted by Gasteiger charge is 2.35. The molecule has 1 aromatic heterocycles. The van der Waals surface area contributed by atoms with E-state index in [1.165, 1.54) is 4.90 Å². The number of hydrogen-bond acceptors (Lipinski definition) is 4. The summed E-state index contributed by atoms with van der Waals surface area (Å²) in [6, 6.07) is -0.442. The second-order valence-corrected chi connectivity index (χ2v) is 5.06. The van der Waals surface area contributed by atoms with E-state index < -0.39 is 17.8 Å². The maximum atomic E-state index is 12.5. The lowest BCUT2D eigenvalue weighted by Crippen LogP contribution is -2.58. The molecule has 2 heterocycles. The lowest BCUT2D eigenvalue weighted by molar-refractivity contribution is -0.138. The lowest BCUT2D eigenvalue weighted by atomic mass is 10.1. The number of hydrogen-bond donors (Lipinski definition) is 1. The van der Waals surface area contributed by atoms with Gasteiger partial charge in [0.1, 0.15) is 0 Å². The number of amides is 1. The second kappa shape index (κ2) is 5.38. The van der Waals surface area contributed by atoms with Gasteiger partial charge in [-0.2, -0.15) is 13.2 Å². The molecule has 2 atom stereocenters. The lowest BCUT2D eigenvalue weighted by Gasteiger charge is -2.43. The van der Waals surface area contributed by atoms with Crippen molar-refractivity contribution in [1.82, 2.24) is 14.9 Å². The van der Waals surface area contributed by atoms with Gasteiger partial charge in [0.2, 0.25) is 5.95 Å². The number of piperazine rings is 1. The van der Waals surface area contributed by atoms with Crippen LogP contribution in [0.3, 0.4) is 0 Å². The van der Waals surface area contributed by atoms with Crippen molar-refractivity contribution in [3.8, 4) is 0 Å². The summed E-state index contributed by atoms with van der Waals surface area (Å²) in [7, 11) is 0. The fraction of sp³-hybridized carbons (Fsp3) is 0.583. The van der Waals surface area contributed by atoms with Gasteiger partial charge in [0.25, 0.3) is 0 Å². The normalized spacial score (nSPS) is 23.3. The molecule has 0 bridgehead atoms. The third kappa shape index (κ3) is 3.17. The Kier molecular flexibility index (Phi) is 3.93. The molecular formula is C12H15F3N4O2. The van der Waals surface area contributed by atoms with Crippen molar-refractivity contribution < 1.29 is 23.1 Å². The molecule has 0 aliphatic carbocycles.